The molecule has 3 nitrogen and oxygen atoms in total. The minimum atomic E-state index is 0.125. The third-order valence-corrected chi connectivity index (χ3v) is 3.39. The van der Waals surface area contributed by atoms with Crippen LogP contribution in [0.4, 0.5) is 0 Å². The molecule has 0 spiro atoms. The zero-order chi connectivity index (χ0) is 11.8. The fourth-order valence-electron chi connectivity index (χ4n) is 2.21. The summed E-state index contributed by atoms with van der Waals surface area (Å²) in [5, 5.41) is 0. The van der Waals surface area contributed by atoms with Gasteiger partial charge in [-0.15, -0.1) is 0 Å². The summed E-state index contributed by atoms with van der Waals surface area (Å²) in [4.78, 5) is 15.8. The van der Waals surface area contributed by atoms with Crippen molar-refractivity contribution in [2.24, 2.45) is 16.8 Å². The van der Waals surface area contributed by atoms with Crippen LogP contribution in [0, 0.1) is 11.8 Å². The summed E-state index contributed by atoms with van der Waals surface area (Å²) in [6.45, 7) is 2.32. The van der Waals surface area contributed by atoms with Crippen LogP contribution in [-0.4, -0.2) is 18.1 Å². The second kappa shape index (κ2) is 3.99. The number of carbonyl (C=O) groups excluding carboxylic acids is 1. The monoisotopic (exact) mass is 229 g/mol. The first-order chi connectivity index (χ1) is 8.28. The lowest BCUT2D eigenvalue weighted by molar-refractivity contribution is -0.114. The van der Waals surface area contributed by atoms with E-state index in [2.05, 4.69) is 11.1 Å². The van der Waals surface area contributed by atoms with Crippen LogP contribution < -0.4 is 0 Å². The Balaban J connectivity index is 1.80. The van der Waals surface area contributed by atoms with Crippen molar-refractivity contribution in [2.45, 2.75) is 19.8 Å². The van der Waals surface area contributed by atoms with Crippen molar-refractivity contribution < 1.29 is 9.53 Å². The number of allylic oxidation sites excluding steroid dienone is 4. The number of rotatable bonds is 3. The van der Waals surface area contributed by atoms with Crippen LogP contribution in [0.2, 0.25) is 0 Å². The molecule has 1 fully saturated rings. The fourth-order valence-corrected chi connectivity index (χ4v) is 2.21. The van der Waals surface area contributed by atoms with E-state index in [-0.39, 0.29) is 5.78 Å². The van der Waals surface area contributed by atoms with Gasteiger partial charge in [0.15, 0.2) is 5.78 Å². The van der Waals surface area contributed by atoms with Crippen molar-refractivity contribution in [1.29, 1.82) is 0 Å². The van der Waals surface area contributed by atoms with Crippen LogP contribution in [0.15, 0.2) is 40.8 Å². The summed E-state index contributed by atoms with van der Waals surface area (Å²) in [5.74, 6) is 2.27. The summed E-state index contributed by atoms with van der Waals surface area (Å²) in [7, 11) is 0. The van der Waals surface area contributed by atoms with Gasteiger partial charge >= 0.3 is 0 Å². The highest BCUT2D eigenvalue weighted by atomic mass is 16.5. The predicted octanol–water partition coefficient (Wildman–Crippen LogP) is 2.41. The molecule has 0 amide bonds. The number of ketones is 1. The smallest absolute Gasteiger partial charge is 0.155 e. The van der Waals surface area contributed by atoms with E-state index in [0.29, 0.717) is 24.9 Å². The summed E-state index contributed by atoms with van der Waals surface area (Å²) in [6, 6.07) is 0. The van der Waals surface area contributed by atoms with E-state index in [4.69, 9.17) is 4.74 Å². The highest BCUT2D eigenvalue weighted by Gasteiger charge is 2.43. The molecule has 0 saturated heterocycles. The molecule has 3 aliphatic rings. The predicted molar refractivity (Wildman–Crippen MR) is 65.6 cm³/mol. The topological polar surface area (TPSA) is 38.7 Å². The molecule has 3 heteroatoms. The number of hydrogen-bond acceptors (Lipinski definition) is 3. The van der Waals surface area contributed by atoms with Gasteiger partial charge in [0.25, 0.3) is 0 Å². The van der Waals surface area contributed by atoms with Gasteiger partial charge < -0.3 is 4.74 Å². The van der Waals surface area contributed by atoms with Crippen LogP contribution in [0.1, 0.15) is 19.8 Å². The summed E-state index contributed by atoms with van der Waals surface area (Å²) < 4.78 is 5.66. The first-order valence-corrected chi connectivity index (χ1v) is 6.11. The molecule has 0 radical (unpaired) electrons. The quantitative estimate of drug-likeness (QED) is 0.697. The molecule has 17 heavy (non-hydrogen) atoms. The zero-order valence-electron chi connectivity index (χ0n) is 9.85. The van der Waals surface area contributed by atoms with Gasteiger partial charge in [0, 0.05) is 12.3 Å². The van der Waals surface area contributed by atoms with E-state index in [1.165, 1.54) is 6.42 Å². The van der Waals surface area contributed by atoms with Crippen LogP contribution in [-0.2, 0) is 9.53 Å². The summed E-state index contributed by atoms with van der Waals surface area (Å²) in [6.07, 6.45) is 9.34. The average molecular weight is 229 g/mol. The molecule has 0 aromatic carbocycles. The number of aliphatic imine (C=N–C) groups is 1. The third-order valence-electron chi connectivity index (χ3n) is 3.39. The number of fused-ring (bicyclic) bond motifs is 2. The lowest BCUT2D eigenvalue weighted by atomic mass is 10.1. The molecule has 88 valence electrons. The molecule has 1 heterocycles. The minimum Gasteiger partial charge on any atom is -0.485 e. The van der Waals surface area contributed by atoms with Crippen LogP contribution in [0.5, 0.6) is 0 Å². The third kappa shape index (κ3) is 1.97. The molecule has 2 aliphatic carbocycles. The lowest BCUT2D eigenvalue weighted by Crippen LogP contribution is -2.15. The number of carbonyl (C=O) groups is 1. The first kappa shape index (κ1) is 10.5. The van der Waals surface area contributed by atoms with Crippen LogP contribution in [0.3, 0.4) is 0 Å². The Bertz CT molecular complexity index is 482. The molecule has 3 rings (SSSR count). The van der Waals surface area contributed by atoms with Gasteiger partial charge in [0.1, 0.15) is 12.4 Å². The Morgan fingerprint density at radius 1 is 1.65 bits per heavy atom. The maximum absolute atomic E-state index is 11.2. The molecule has 2 atom stereocenters. The van der Waals surface area contributed by atoms with Gasteiger partial charge in [0.2, 0.25) is 0 Å². The Morgan fingerprint density at radius 3 is 3.35 bits per heavy atom. The van der Waals surface area contributed by atoms with E-state index in [0.717, 1.165) is 17.2 Å². The Morgan fingerprint density at radius 2 is 2.53 bits per heavy atom. The van der Waals surface area contributed by atoms with Crippen molar-refractivity contribution in [2.75, 3.05) is 6.61 Å². The van der Waals surface area contributed by atoms with Crippen LogP contribution in [0.25, 0.3) is 0 Å². The lowest BCUT2D eigenvalue weighted by Gasteiger charge is -2.19. The van der Waals surface area contributed by atoms with Crippen molar-refractivity contribution >= 4 is 11.5 Å². The Hall–Kier alpha value is -1.64. The summed E-state index contributed by atoms with van der Waals surface area (Å²) >= 11 is 0. The normalized spacial score (nSPS) is 29.6. The van der Waals surface area contributed by atoms with E-state index in [1.807, 2.05) is 13.0 Å². The Kier molecular flexibility index (Phi) is 2.46. The first-order valence-electron chi connectivity index (χ1n) is 6.11. The highest BCUT2D eigenvalue weighted by Crippen LogP contribution is 2.50. The minimum absolute atomic E-state index is 0.125. The molecule has 1 saturated carbocycles. The van der Waals surface area contributed by atoms with Gasteiger partial charge in [-0.2, -0.15) is 0 Å². The maximum Gasteiger partial charge on any atom is 0.155 e. The van der Waals surface area contributed by atoms with E-state index in [1.54, 1.807) is 12.2 Å². The standard InChI is InChI=1S/C14H15NO2/c1-2-11(16)5-4-10-8-17-13-6-3-9-7-12(9)14(13)15-10/h3-6,9,12H,2,7-8H2,1H3/b5-4-. The average Bonchev–Trinajstić information content (AvgIpc) is 3.15. The van der Waals surface area contributed by atoms with Gasteiger partial charge in [-0.05, 0) is 30.6 Å². The van der Waals surface area contributed by atoms with Gasteiger partial charge in [-0.3, -0.25) is 9.79 Å². The van der Waals surface area contributed by atoms with Crippen molar-refractivity contribution in [1.82, 2.24) is 0 Å². The van der Waals surface area contributed by atoms with E-state index < -0.39 is 0 Å². The molecule has 0 aromatic rings. The molecular formula is C14H15NO2. The second-order valence-electron chi connectivity index (χ2n) is 4.66. The SMILES string of the molecule is CCC(=O)/C=C\C1=NC2=C(C=CC3CC23)OC1. The van der Waals surface area contributed by atoms with Crippen LogP contribution >= 0.6 is 0 Å². The largest absolute Gasteiger partial charge is 0.485 e. The van der Waals surface area contributed by atoms with Gasteiger partial charge in [-0.25, -0.2) is 0 Å². The van der Waals surface area contributed by atoms with Crippen molar-refractivity contribution in [3.63, 3.8) is 0 Å². The second-order valence-corrected chi connectivity index (χ2v) is 4.66. The fraction of sp³-hybridized carbons (Fsp3) is 0.429. The molecule has 0 aromatic heterocycles. The molecule has 0 bridgehead atoms. The van der Waals surface area contributed by atoms with E-state index in [9.17, 15) is 4.79 Å². The highest BCUT2D eigenvalue weighted by molar-refractivity contribution is 6.02. The van der Waals surface area contributed by atoms with E-state index >= 15 is 0 Å². The molecular weight excluding hydrogens is 214 g/mol. The zero-order valence-corrected chi connectivity index (χ0v) is 9.85. The number of nitrogens with zero attached hydrogens (tertiary/aromatic N) is 1. The molecule has 0 N–H and O–H groups in total. The number of ether oxygens (including phenoxy) is 1. The maximum atomic E-state index is 11.2. The number of hydrogen-bond donors (Lipinski definition) is 0. The molecule has 1 aliphatic heterocycles. The van der Waals surface area contributed by atoms with Crippen molar-refractivity contribution in [3.05, 3.63) is 35.8 Å². The van der Waals surface area contributed by atoms with Crippen molar-refractivity contribution in [3.8, 4) is 0 Å². The summed E-state index contributed by atoms with van der Waals surface area (Å²) in [5.41, 5.74) is 1.93. The molecule has 2 unspecified atom stereocenters. The Labute approximate surface area is 101 Å². The van der Waals surface area contributed by atoms with Gasteiger partial charge in [0.05, 0.1) is 11.4 Å². The van der Waals surface area contributed by atoms with Gasteiger partial charge in [-0.1, -0.05) is 13.0 Å².